The smallest absolute Gasteiger partial charge is 0.329 e. The maximum absolute atomic E-state index is 11.4. The van der Waals surface area contributed by atoms with E-state index in [1.54, 1.807) is 0 Å². The lowest BCUT2D eigenvalue weighted by molar-refractivity contribution is -0.174. The average molecular weight is 171 g/mol. The number of hydrogen-bond donors (Lipinski definition) is 3. The van der Waals surface area contributed by atoms with Gasteiger partial charge in [0, 0.05) is 13.1 Å². The summed E-state index contributed by atoms with van der Waals surface area (Å²) < 4.78 is 34.2. The maximum Gasteiger partial charge on any atom is 0.472 e. The lowest BCUT2D eigenvalue weighted by Crippen LogP contribution is -2.46. The van der Waals surface area contributed by atoms with E-state index in [-0.39, 0.29) is 13.1 Å². The second-order valence-electron chi connectivity index (χ2n) is 1.67. The van der Waals surface area contributed by atoms with Gasteiger partial charge in [-0.15, -0.1) is 0 Å². The fraction of sp³-hybridized carbons (Fsp3) is 0.750. The van der Waals surface area contributed by atoms with E-state index in [1.807, 2.05) is 5.43 Å². The zero-order valence-corrected chi connectivity index (χ0v) is 5.53. The van der Waals surface area contributed by atoms with E-state index in [0.717, 1.165) is 0 Å². The molecule has 4 N–H and O–H groups in total. The van der Waals surface area contributed by atoms with Crippen molar-refractivity contribution in [2.45, 2.75) is 6.18 Å². The molecule has 0 heterocycles. The molecule has 0 aromatic rings. The highest BCUT2D eigenvalue weighted by Gasteiger charge is 2.38. The Labute approximate surface area is 60.9 Å². The molecule has 0 aromatic heterocycles. The van der Waals surface area contributed by atoms with Crippen LogP contribution in [0, 0.1) is 0 Å². The standard InChI is InChI=1S/C4H8F3N3O/c5-4(6,7)3(11)10-9-2-1-8/h9H,1-2,8H2,(H,10,11). The van der Waals surface area contributed by atoms with E-state index in [1.165, 1.54) is 5.43 Å². The van der Waals surface area contributed by atoms with E-state index >= 15 is 0 Å². The van der Waals surface area contributed by atoms with E-state index in [9.17, 15) is 18.0 Å². The molecule has 4 nitrogen and oxygen atoms in total. The van der Waals surface area contributed by atoms with Gasteiger partial charge in [0.15, 0.2) is 0 Å². The molecule has 0 saturated heterocycles. The van der Waals surface area contributed by atoms with Gasteiger partial charge in [-0.3, -0.25) is 10.2 Å². The number of hydrazine groups is 1. The highest BCUT2D eigenvalue weighted by molar-refractivity contribution is 5.81. The summed E-state index contributed by atoms with van der Waals surface area (Å²) in [5.41, 5.74) is 8.36. The predicted octanol–water partition coefficient (Wildman–Crippen LogP) is -0.872. The first-order chi connectivity index (χ1) is 4.98. The van der Waals surface area contributed by atoms with Crippen molar-refractivity contribution in [3.8, 4) is 0 Å². The third kappa shape index (κ3) is 4.57. The molecular weight excluding hydrogens is 163 g/mol. The molecule has 0 aliphatic heterocycles. The molecular formula is C4H8F3N3O. The van der Waals surface area contributed by atoms with Crippen LogP contribution in [0.25, 0.3) is 0 Å². The van der Waals surface area contributed by atoms with Crippen molar-refractivity contribution in [3.63, 3.8) is 0 Å². The van der Waals surface area contributed by atoms with Gasteiger partial charge in [0.2, 0.25) is 0 Å². The van der Waals surface area contributed by atoms with Gasteiger partial charge in [0.25, 0.3) is 0 Å². The number of hydrogen-bond acceptors (Lipinski definition) is 3. The SMILES string of the molecule is NCCNNC(=O)C(F)(F)F. The summed E-state index contributed by atoms with van der Waals surface area (Å²) in [7, 11) is 0. The fourth-order valence-electron chi connectivity index (χ4n) is 0.286. The fourth-order valence-corrected chi connectivity index (χ4v) is 0.286. The van der Waals surface area contributed by atoms with Crippen molar-refractivity contribution >= 4 is 5.91 Å². The van der Waals surface area contributed by atoms with Gasteiger partial charge in [0.1, 0.15) is 0 Å². The van der Waals surface area contributed by atoms with Crippen LogP contribution in [0.15, 0.2) is 0 Å². The third-order valence-electron chi connectivity index (χ3n) is 0.729. The summed E-state index contributed by atoms with van der Waals surface area (Å²) in [6.07, 6.45) is -4.85. The summed E-state index contributed by atoms with van der Waals surface area (Å²) in [5.74, 6) is -2.02. The zero-order valence-electron chi connectivity index (χ0n) is 5.53. The van der Waals surface area contributed by atoms with Crippen LogP contribution in [0.2, 0.25) is 0 Å². The van der Waals surface area contributed by atoms with Gasteiger partial charge in [-0.1, -0.05) is 0 Å². The number of nitrogens with two attached hydrogens (primary N) is 1. The van der Waals surface area contributed by atoms with Crippen LogP contribution in [0.4, 0.5) is 13.2 Å². The van der Waals surface area contributed by atoms with Crippen LogP contribution in [-0.4, -0.2) is 25.2 Å². The Kier molecular flexibility index (Phi) is 3.83. The van der Waals surface area contributed by atoms with Gasteiger partial charge in [-0.05, 0) is 0 Å². The second-order valence-corrected chi connectivity index (χ2v) is 1.67. The van der Waals surface area contributed by atoms with E-state index in [4.69, 9.17) is 5.73 Å². The maximum atomic E-state index is 11.4. The molecule has 0 bridgehead atoms. The van der Waals surface area contributed by atoms with E-state index < -0.39 is 12.1 Å². The van der Waals surface area contributed by atoms with Crippen molar-refractivity contribution < 1.29 is 18.0 Å². The molecule has 0 rings (SSSR count). The Bertz CT molecular complexity index is 135. The van der Waals surface area contributed by atoms with Crippen LogP contribution in [-0.2, 0) is 4.79 Å². The van der Waals surface area contributed by atoms with Crippen molar-refractivity contribution in [1.82, 2.24) is 10.9 Å². The zero-order chi connectivity index (χ0) is 8.91. The number of carbonyl (C=O) groups is 1. The molecule has 66 valence electrons. The Hall–Kier alpha value is -0.820. The quantitative estimate of drug-likeness (QED) is 0.382. The predicted molar refractivity (Wildman–Crippen MR) is 31.3 cm³/mol. The van der Waals surface area contributed by atoms with Gasteiger partial charge < -0.3 is 5.73 Å². The Balaban J connectivity index is 3.54. The van der Waals surface area contributed by atoms with E-state index in [0.29, 0.717) is 0 Å². The van der Waals surface area contributed by atoms with Crippen LogP contribution in [0.5, 0.6) is 0 Å². The highest BCUT2D eigenvalue weighted by Crippen LogP contribution is 2.13. The Morgan fingerprint density at radius 2 is 2.00 bits per heavy atom. The number of nitrogens with one attached hydrogen (secondary N) is 2. The molecule has 0 radical (unpaired) electrons. The molecule has 1 amide bonds. The topological polar surface area (TPSA) is 67.2 Å². The first-order valence-electron chi connectivity index (χ1n) is 2.78. The lowest BCUT2D eigenvalue weighted by atomic mass is 10.6. The van der Waals surface area contributed by atoms with Crippen LogP contribution in [0.1, 0.15) is 0 Å². The minimum Gasteiger partial charge on any atom is -0.329 e. The highest BCUT2D eigenvalue weighted by atomic mass is 19.4. The number of amides is 1. The molecule has 0 unspecified atom stereocenters. The molecule has 0 spiro atoms. The first-order valence-corrected chi connectivity index (χ1v) is 2.78. The minimum atomic E-state index is -4.85. The van der Waals surface area contributed by atoms with Crippen molar-refractivity contribution in [2.24, 2.45) is 5.73 Å². The Morgan fingerprint density at radius 1 is 1.45 bits per heavy atom. The van der Waals surface area contributed by atoms with Crippen molar-refractivity contribution in [3.05, 3.63) is 0 Å². The number of halogens is 3. The van der Waals surface area contributed by atoms with Crippen LogP contribution >= 0.6 is 0 Å². The molecule has 0 aliphatic carbocycles. The first kappa shape index (κ1) is 10.2. The summed E-state index contributed by atoms with van der Waals surface area (Å²) in [5, 5.41) is 0. The lowest BCUT2D eigenvalue weighted by Gasteiger charge is -2.07. The van der Waals surface area contributed by atoms with Crippen LogP contribution < -0.4 is 16.6 Å². The monoisotopic (exact) mass is 171 g/mol. The third-order valence-corrected chi connectivity index (χ3v) is 0.729. The van der Waals surface area contributed by atoms with Gasteiger partial charge in [0.05, 0.1) is 0 Å². The summed E-state index contributed by atoms with van der Waals surface area (Å²) in [6.45, 7) is 0.250. The molecule has 11 heavy (non-hydrogen) atoms. The van der Waals surface area contributed by atoms with Crippen LogP contribution in [0.3, 0.4) is 0 Å². The van der Waals surface area contributed by atoms with Gasteiger partial charge in [-0.2, -0.15) is 13.2 Å². The Morgan fingerprint density at radius 3 is 2.36 bits per heavy atom. The van der Waals surface area contributed by atoms with E-state index in [2.05, 4.69) is 0 Å². The molecule has 0 aliphatic rings. The summed E-state index contributed by atoms with van der Waals surface area (Å²) in [6, 6.07) is 0. The molecule has 7 heteroatoms. The summed E-state index contributed by atoms with van der Waals surface area (Å²) >= 11 is 0. The summed E-state index contributed by atoms with van der Waals surface area (Å²) in [4.78, 5) is 10.00. The largest absolute Gasteiger partial charge is 0.472 e. The number of rotatable bonds is 3. The van der Waals surface area contributed by atoms with Crippen molar-refractivity contribution in [2.75, 3.05) is 13.1 Å². The second kappa shape index (κ2) is 4.14. The average Bonchev–Trinajstić information content (AvgIpc) is 1.86. The van der Waals surface area contributed by atoms with Gasteiger partial charge >= 0.3 is 12.1 Å². The number of alkyl halides is 3. The molecule has 0 aromatic carbocycles. The molecule has 0 fully saturated rings. The molecule has 0 atom stereocenters. The minimum absolute atomic E-state index is 0.0990. The molecule has 0 saturated carbocycles. The van der Waals surface area contributed by atoms with Crippen molar-refractivity contribution in [1.29, 1.82) is 0 Å². The number of carbonyl (C=O) groups excluding carboxylic acids is 1. The van der Waals surface area contributed by atoms with Gasteiger partial charge in [-0.25, -0.2) is 5.43 Å². The normalized spacial score (nSPS) is 11.3.